The minimum Gasteiger partial charge on any atom is -0.394 e. The summed E-state index contributed by atoms with van der Waals surface area (Å²) in [7, 11) is 0. The number of anilines is 1. The van der Waals surface area contributed by atoms with Crippen molar-refractivity contribution in [2.45, 2.75) is 32.9 Å². The highest BCUT2D eigenvalue weighted by molar-refractivity contribution is 5.74. The van der Waals surface area contributed by atoms with Gasteiger partial charge in [-0.2, -0.15) is 0 Å². The molecule has 5 nitrogen and oxygen atoms in total. The number of rotatable bonds is 7. The first-order chi connectivity index (χ1) is 11.1. The molecule has 1 aromatic rings. The quantitative estimate of drug-likeness (QED) is 0.676. The Balaban J connectivity index is 1.83. The van der Waals surface area contributed by atoms with Gasteiger partial charge in [0.05, 0.1) is 12.6 Å². The third-order valence-electron chi connectivity index (χ3n) is 3.86. The summed E-state index contributed by atoms with van der Waals surface area (Å²) in [6, 6.07) is 7.77. The molecular formula is C18H27N3O2. The van der Waals surface area contributed by atoms with Crippen molar-refractivity contribution in [3.63, 3.8) is 0 Å². The van der Waals surface area contributed by atoms with Crippen LogP contribution in [-0.2, 0) is 6.54 Å². The summed E-state index contributed by atoms with van der Waals surface area (Å²) < 4.78 is 0. The van der Waals surface area contributed by atoms with Crippen molar-refractivity contribution in [1.82, 2.24) is 10.6 Å². The Labute approximate surface area is 138 Å². The number of nitrogens with zero attached hydrogens (tertiary/aromatic N) is 1. The molecule has 126 valence electrons. The fourth-order valence-electron chi connectivity index (χ4n) is 2.72. The molecule has 2 amide bonds. The van der Waals surface area contributed by atoms with Crippen molar-refractivity contribution in [2.75, 3.05) is 24.6 Å². The Morgan fingerprint density at radius 2 is 2.04 bits per heavy atom. The third-order valence-corrected chi connectivity index (χ3v) is 3.86. The van der Waals surface area contributed by atoms with Crippen LogP contribution in [0.2, 0.25) is 0 Å². The van der Waals surface area contributed by atoms with Crippen molar-refractivity contribution in [2.24, 2.45) is 5.92 Å². The molecule has 1 aromatic carbocycles. The van der Waals surface area contributed by atoms with E-state index in [1.165, 1.54) is 5.69 Å². The van der Waals surface area contributed by atoms with E-state index in [1.54, 1.807) is 0 Å². The predicted octanol–water partition coefficient (Wildman–Crippen LogP) is 2.27. The first kappa shape index (κ1) is 17.3. The number of nitrogens with one attached hydrogen (secondary N) is 2. The van der Waals surface area contributed by atoms with Crippen LogP contribution in [0.4, 0.5) is 10.5 Å². The number of hydrogen-bond acceptors (Lipinski definition) is 3. The Bertz CT molecular complexity index is 535. The third kappa shape index (κ3) is 5.60. The van der Waals surface area contributed by atoms with Crippen LogP contribution in [0.1, 0.15) is 25.8 Å². The minimum absolute atomic E-state index is 0.0386. The highest BCUT2D eigenvalue weighted by Gasteiger charge is 2.13. The smallest absolute Gasteiger partial charge is 0.315 e. The van der Waals surface area contributed by atoms with Gasteiger partial charge in [0, 0.05) is 25.3 Å². The van der Waals surface area contributed by atoms with Gasteiger partial charge >= 0.3 is 6.03 Å². The normalized spacial score (nSPS) is 15.0. The molecule has 0 spiro atoms. The molecule has 0 fully saturated rings. The van der Waals surface area contributed by atoms with Gasteiger partial charge < -0.3 is 20.6 Å². The van der Waals surface area contributed by atoms with E-state index in [0.29, 0.717) is 12.5 Å². The molecule has 1 aliphatic heterocycles. The van der Waals surface area contributed by atoms with Crippen LogP contribution in [0.25, 0.3) is 0 Å². The number of aliphatic hydroxyl groups excluding tert-OH is 1. The number of hydrogen-bond donors (Lipinski definition) is 3. The van der Waals surface area contributed by atoms with E-state index in [2.05, 4.69) is 53.7 Å². The van der Waals surface area contributed by atoms with Gasteiger partial charge in [-0.05, 0) is 30.0 Å². The SMILES string of the molecule is CC(C)CC(CO)NC(=O)NCc1cccc(N2CC=CC2)c1. The number of carbonyl (C=O) groups excluding carboxylic acids is 1. The first-order valence-electron chi connectivity index (χ1n) is 8.22. The van der Waals surface area contributed by atoms with Crippen LogP contribution in [0.15, 0.2) is 36.4 Å². The molecule has 0 saturated heterocycles. The second kappa shape index (κ2) is 8.58. The largest absolute Gasteiger partial charge is 0.394 e. The number of urea groups is 1. The van der Waals surface area contributed by atoms with E-state index < -0.39 is 0 Å². The maximum atomic E-state index is 12.0. The van der Waals surface area contributed by atoms with Gasteiger partial charge in [0.2, 0.25) is 0 Å². The number of aliphatic hydroxyl groups is 1. The molecule has 0 radical (unpaired) electrons. The van der Waals surface area contributed by atoms with Crippen molar-refractivity contribution >= 4 is 11.7 Å². The van der Waals surface area contributed by atoms with Gasteiger partial charge in [-0.25, -0.2) is 4.79 Å². The maximum Gasteiger partial charge on any atom is 0.315 e. The Morgan fingerprint density at radius 3 is 2.70 bits per heavy atom. The van der Waals surface area contributed by atoms with E-state index >= 15 is 0 Å². The standard InChI is InChI=1S/C18H27N3O2/c1-14(2)10-16(13-22)20-18(23)19-12-15-6-5-7-17(11-15)21-8-3-4-9-21/h3-7,11,14,16,22H,8-10,12-13H2,1-2H3,(H2,19,20,23). The summed E-state index contributed by atoms with van der Waals surface area (Å²) >= 11 is 0. The highest BCUT2D eigenvalue weighted by atomic mass is 16.3. The molecule has 0 aliphatic carbocycles. The van der Waals surface area contributed by atoms with Crippen molar-refractivity contribution < 1.29 is 9.90 Å². The zero-order valence-corrected chi connectivity index (χ0v) is 14.0. The molecule has 0 bridgehead atoms. The van der Waals surface area contributed by atoms with Crippen LogP contribution < -0.4 is 15.5 Å². The molecule has 5 heteroatoms. The van der Waals surface area contributed by atoms with Gasteiger partial charge in [-0.3, -0.25) is 0 Å². The van der Waals surface area contributed by atoms with Gasteiger partial charge in [0.15, 0.2) is 0 Å². The Morgan fingerprint density at radius 1 is 1.30 bits per heavy atom. The van der Waals surface area contributed by atoms with Crippen LogP contribution >= 0.6 is 0 Å². The van der Waals surface area contributed by atoms with E-state index in [0.717, 1.165) is 25.1 Å². The van der Waals surface area contributed by atoms with Gasteiger partial charge in [-0.1, -0.05) is 38.1 Å². The second-order valence-electron chi connectivity index (χ2n) is 6.38. The lowest BCUT2D eigenvalue weighted by Crippen LogP contribution is -2.44. The fourth-order valence-corrected chi connectivity index (χ4v) is 2.72. The van der Waals surface area contributed by atoms with E-state index in [-0.39, 0.29) is 18.7 Å². The average Bonchev–Trinajstić information content (AvgIpc) is 3.06. The lowest BCUT2D eigenvalue weighted by atomic mass is 10.0. The van der Waals surface area contributed by atoms with Gasteiger partial charge in [-0.15, -0.1) is 0 Å². The number of benzene rings is 1. The van der Waals surface area contributed by atoms with Crippen molar-refractivity contribution in [3.05, 3.63) is 42.0 Å². The predicted molar refractivity (Wildman–Crippen MR) is 93.5 cm³/mol. The number of amides is 2. The number of carbonyl (C=O) groups is 1. The molecule has 0 aromatic heterocycles. The maximum absolute atomic E-state index is 12.0. The van der Waals surface area contributed by atoms with Crippen LogP contribution in [0.3, 0.4) is 0 Å². The lowest BCUT2D eigenvalue weighted by molar-refractivity contribution is 0.206. The lowest BCUT2D eigenvalue weighted by Gasteiger charge is -2.20. The zero-order valence-electron chi connectivity index (χ0n) is 14.0. The molecular weight excluding hydrogens is 290 g/mol. The summed E-state index contributed by atoms with van der Waals surface area (Å²) in [5.74, 6) is 0.429. The van der Waals surface area contributed by atoms with Crippen LogP contribution in [0, 0.1) is 5.92 Å². The van der Waals surface area contributed by atoms with Gasteiger partial charge in [0.1, 0.15) is 0 Å². The summed E-state index contributed by atoms with van der Waals surface area (Å²) in [4.78, 5) is 14.2. The molecule has 0 saturated carbocycles. The second-order valence-corrected chi connectivity index (χ2v) is 6.38. The molecule has 2 rings (SSSR count). The van der Waals surface area contributed by atoms with Crippen molar-refractivity contribution in [3.8, 4) is 0 Å². The molecule has 3 N–H and O–H groups in total. The topological polar surface area (TPSA) is 64.6 Å². The zero-order chi connectivity index (χ0) is 16.7. The van der Waals surface area contributed by atoms with E-state index in [9.17, 15) is 9.90 Å². The molecule has 1 aliphatic rings. The molecule has 1 heterocycles. The van der Waals surface area contributed by atoms with Crippen molar-refractivity contribution in [1.29, 1.82) is 0 Å². The van der Waals surface area contributed by atoms with E-state index in [1.807, 2.05) is 12.1 Å². The average molecular weight is 317 g/mol. The molecule has 1 unspecified atom stereocenters. The van der Waals surface area contributed by atoms with E-state index in [4.69, 9.17) is 0 Å². The molecule has 1 atom stereocenters. The van der Waals surface area contributed by atoms with Gasteiger partial charge in [0.25, 0.3) is 0 Å². The fraction of sp³-hybridized carbons (Fsp3) is 0.500. The highest BCUT2D eigenvalue weighted by Crippen LogP contribution is 2.18. The summed E-state index contributed by atoms with van der Waals surface area (Å²) in [6.07, 6.45) is 5.08. The Kier molecular flexibility index (Phi) is 6.47. The van der Waals surface area contributed by atoms with Crippen LogP contribution in [-0.4, -0.2) is 36.9 Å². The monoisotopic (exact) mass is 317 g/mol. The summed E-state index contributed by atoms with van der Waals surface area (Å²) in [5, 5.41) is 15.0. The molecule has 23 heavy (non-hydrogen) atoms. The Hall–Kier alpha value is -2.01. The summed E-state index contributed by atoms with van der Waals surface area (Å²) in [5.41, 5.74) is 2.23. The first-order valence-corrected chi connectivity index (χ1v) is 8.22. The summed E-state index contributed by atoms with van der Waals surface area (Å²) in [6.45, 7) is 6.45. The van der Waals surface area contributed by atoms with Crippen LogP contribution in [0.5, 0.6) is 0 Å². The minimum atomic E-state index is -0.238.